The minimum Gasteiger partial charge on any atom is -0.497 e. The van der Waals surface area contributed by atoms with Crippen LogP contribution in [0.2, 0.25) is 0 Å². The summed E-state index contributed by atoms with van der Waals surface area (Å²) in [6, 6.07) is 12.5. The van der Waals surface area contributed by atoms with Crippen molar-refractivity contribution in [2.45, 2.75) is 19.9 Å². The Balaban J connectivity index is 1.60. The molecular weight excluding hydrogens is 385 g/mol. The van der Waals surface area contributed by atoms with Crippen LogP contribution in [0.5, 0.6) is 5.75 Å². The Labute approximate surface area is 176 Å². The molecule has 1 atom stereocenters. The van der Waals surface area contributed by atoms with Gasteiger partial charge >= 0.3 is 0 Å². The third kappa shape index (κ3) is 5.09. The molecule has 1 aliphatic rings. The number of carbonyl (C=O) groups excluding carboxylic acids is 2. The van der Waals surface area contributed by atoms with Crippen LogP contribution >= 0.6 is 0 Å². The van der Waals surface area contributed by atoms with Crippen molar-refractivity contribution in [3.05, 3.63) is 59.9 Å². The van der Waals surface area contributed by atoms with Crippen LogP contribution in [-0.2, 0) is 4.79 Å². The van der Waals surface area contributed by atoms with Gasteiger partial charge in [-0.1, -0.05) is 13.8 Å². The van der Waals surface area contributed by atoms with E-state index in [1.165, 1.54) is 24.3 Å². The average Bonchev–Trinajstić information content (AvgIpc) is 2.77. The highest BCUT2D eigenvalue weighted by Gasteiger charge is 2.31. The molecule has 0 bridgehead atoms. The van der Waals surface area contributed by atoms with E-state index >= 15 is 0 Å². The molecule has 3 rings (SSSR count). The summed E-state index contributed by atoms with van der Waals surface area (Å²) in [5.74, 6) is -0.128. The standard InChI is InChI=1S/C23H28FN3O3/c1-16(2)21(25-22(28)17-4-6-18(24)7-5-17)23(29)27-14-12-26(13-15-27)19-8-10-20(30-3)11-9-19/h4-11,16,21H,12-15H2,1-3H3,(H,25,28)/t21-/m0/s1. The largest absolute Gasteiger partial charge is 0.497 e. The van der Waals surface area contributed by atoms with E-state index in [2.05, 4.69) is 10.2 Å². The number of hydrogen-bond donors (Lipinski definition) is 1. The summed E-state index contributed by atoms with van der Waals surface area (Å²) < 4.78 is 18.3. The molecule has 2 amide bonds. The van der Waals surface area contributed by atoms with Gasteiger partial charge in [-0.3, -0.25) is 9.59 Å². The van der Waals surface area contributed by atoms with Gasteiger partial charge in [-0.2, -0.15) is 0 Å². The van der Waals surface area contributed by atoms with Crippen molar-refractivity contribution < 1.29 is 18.7 Å². The first-order valence-electron chi connectivity index (χ1n) is 10.1. The Morgan fingerprint density at radius 1 is 0.967 bits per heavy atom. The fraction of sp³-hybridized carbons (Fsp3) is 0.391. The molecule has 1 saturated heterocycles. The summed E-state index contributed by atoms with van der Waals surface area (Å²) >= 11 is 0. The van der Waals surface area contributed by atoms with Gasteiger partial charge in [-0.15, -0.1) is 0 Å². The van der Waals surface area contributed by atoms with E-state index in [1.54, 1.807) is 12.0 Å². The summed E-state index contributed by atoms with van der Waals surface area (Å²) in [5.41, 5.74) is 1.42. The normalized spacial score (nSPS) is 15.1. The monoisotopic (exact) mass is 413 g/mol. The molecule has 0 spiro atoms. The van der Waals surface area contributed by atoms with Crippen molar-refractivity contribution in [2.24, 2.45) is 5.92 Å². The van der Waals surface area contributed by atoms with E-state index in [0.717, 1.165) is 24.5 Å². The molecule has 7 heteroatoms. The van der Waals surface area contributed by atoms with Crippen LogP contribution in [-0.4, -0.2) is 56.0 Å². The number of rotatable bonds is 6. The first kappa shape index (κ1) is 21.6. The maximum atomic E-state index is 13.1. The zero-order valence-corrected chi connectivity index (χ0v) is 17.6. The average molecular weight is 413 g/mol. The number of hydrogen-bond acceptors (Lipinski definition) is 4. The number of halogens is 1. The summed E-state index contributed by atoms with van der Waals surface area (Å²) in [4.78, 5) is 29.7. The molecule has 160 valence electrons. The molecule has 0 unspecified atom stereocenters. The van der Waals surface area contributed by atoms with Gasteiger partial charge < -0.3 is 19.9 Å². The number of benzene rings is 2. The molecule has 0 radical (unpaired) electrons. The fourth-order valence-corrected chi connectivity index (χ4v) is 3.51. The minimum atomic E-state index is -0.630. The van der Waals surface area contributed by atoms with Gasteiger partial charge in [0.2, 0.25) is 5.91 Å². The number of ether oxygens (including phenoxy) is 1. The second-order valence-corrected chi connectivity index (χ2v) is 7.71. The lowest BCUT2D eigenvalue weighted by molar-refractivity contribution is -0.134. The van der Waals surface area contributed by atoms with Gasteiger partial charge in [0.15, 0.2) is 0 Å². The number of nitrogens with one attached hydrogen (secondary N) is 1. The number of amides is 2. The van der Waals surface area contributed by atoms with Crippen LogP contribution in [0.1, 0.15) is 24.2 Å². The summed E-state index contributed by atoms with van der Waals surface area (Å²) in [6.07, 6.45) is 0. The molecule has 6 nitrogen and oxygen atoms in total. The maximum absolute atomic E-state index is 13.1. The first-order valence-corrected chi connectivity index (χ1v) is 10.1. The third-order valence-electron chi connectivity index (χ3n) is 5.35. The molecule has 0 saturated carbocycles. The Bertz CT molecular complexity index is 860. The number of methoxy groups -OCH3 is 1. The maximum Gasteiger partial charge on any atom is 0.251 e. The molecule has 1 aliphatic heterocycles. The first-order chi connectivity index (χ1) is 14.4. The van der Waals surface area contributed by atoms with Gasteiger partial charge in [0, 0.05) is 37.4 Å². The molecule has 1 N–H and O–H groups in total. The molecule has 1 fully saturated rings. The SMILES string of the molecule is COc1ccc(N2CCN(C(=O)[C@@H](NC(=O)c3ccc(F)cc3)C(C)C)CC2)cc1. The van der Waals surface area contributed by atoms with E-state index in [-0.39, 0.29) is 17.7 Å². The topological polar surface area (TPSA) is 61.9 Å². The van der Waals surface area contributed by atoms with Crippen molar-refractivity contribution in [3.63, 3.8) is 0 Å². The number of nitrogens with zero attached hydrogens (tertiary/aromatic N) is 2. The highest BCUT2D eigenvalue weighted by molar-refractivity contribution is 5.97. The van der Waals surface area contributed by atoms with E-state index in [9.17, 15) is 14.0 Å². The Morgan fingerprint density at radius 2 is 1.57 bits per heavy atom. The lowest BCUT2D eigenvalue weighted by atomic mass is 10.0. The van der Waals surface area contributed by atoms with Crippen molar-refractivity contribution in [1.82, 2.24) is 10.2 Å². The third-order valence-corrected chi connectivity index (χ3v) is 5.35. The lowest BCUT2D eigenvalue weighted by Crippen LogP contribution is -2.56. The van der Waals surface area contributed by atoms with Crippen LogP contribution in [0.3, 0.4) is 0 Å². The van der Waals surface area contributed by atoms with Crippen molar-refractivity contribution in [3.8, 4) is 5.75 Å². The number of piperazine rings is 1. The van der Waals surface area contributed by atoms with Crippen LogP contribution < -0.4 is 15.0 Å². The summed E-state index contributed by atoms with van der Waals surface area (Å²) in [7, 11) is 1.64. The second-order valence-electron chi connectivity index (χ2n) is 7.71. The van der Waals surface area contributed by atoms with Gasteiger partial charge in [0.1, 0.15) is 17.6 Å². The van der Waals surface area contributed by atoms with E-state index in [0.29, 0.717) is 18.7 Å². The smallest absolute Gasteiger partial charge is 0.251 e. The molecule has 2 aromatic carbocycles. The van der Waals surface area contributed by atoms with Crippen LogP contribution in [0.15, 0.2) is 48.5 Å². The van der Waals surface area contributed by atoms with Gasteiger partial charge in [0.25, 0.3) is 5.91 Å². The van der Waals surface area contributed by atoms with E-state index in [1.807, 2.05) is 38.1 Å². The minimum absolute atomic E-state index is 0.0680. The van der Waals surface area contributed by atoms with Crippen molar-refractivity contribution in [2.75, 3.05) is 38.2 Å². The van der Waals surface area contributed by atoms with E-state index in [4.69, 9.17) is 4.74 Å². The van der Waals surface area contributed by atoms with Gasteiger partial charge in [-0.05, 0) is 54.4 Å². The van der Waals surface area contributed by atoms with Crippen LogP contribution in [0.4, 0.5) is 10.1 Å². The Hall–Kier alpha value is -3.09. The van der Waals surface area contributed by atoms with Gasteiger partial charge in [-0.25, -0.2) is 4.39 Å². The molecular formula is C23H28FN3O3. The predicted molar refractivity (Wildman–Crippen MR) is 114 cm³/mol. The lowest BCUT2D eigenvalue weighted by Gasteiger charge is -2.38. The van der Waals surface area contributed by atoms with Crippen LogP contribution in [0, 0.1) is 11.7 Å². The molecule has 0 aromatic heterocycles. The number of carbonyl (C=O) groups is 2. The molecule has 30 heavy (non-hydrogen) atoms. The van der Waals surface area contributed by atoms with Crippen molar-refractivity contribution >= 4 is 17.5 Å². The molecule has 2 aromatic rings. The number of anilines is 1. The summed E-state index contributed by atoms with van der Waals surface area (Å²) in [6.45, 7) is 6.41. The zero-order valence-electron chi connectivity index (χ0n) is 17.6. The summed E-state index contributed by atoms with van der Waals surface area (Å²) in [5, 5.41) is 2.82. The van der Waals surface area contributed by atoms with Crippen molar-refractivity contribution in [1.29, 1.82) is 0 Å². The molecule has 1 heterocycles. The fourth-order valence-electron chi connectivity index (χ4n) is 3.51. The Morgan fingerprint density at radius 3 is 2.10 bits per heavy atom. The Kier molecular flexibility index (Phi) is 6.92. The highest BCUT2D eigenvalue weighted by atomic mass is 19.1. The zero-order chi connectivity index (χ0) is 21.7. The highest BCUT2D eigenvalue weighted by Crippen LogP contribution is 2.21. The van der Waals surface area contributed by atoms with Crippen LogP contribution in [0.25, 0.3) is 0 Å². The van der Waals surface area contributed by atoms with Gasteiger partial charge in [0.05, 0.1) is 7.11 Å². The van der Waals surface area contributed by atoms with E-state index < -0.39 is 11.9 Å². The molecule has 0 aliphatic carbocycles. The quantitative estimate of drug-likeness (QED) is 0.791. The second kappa shape index (κ2) is 9.61. The predicted octanol–water partition coefficient (Wildman–Crippen LogP) is 2.94.